The van der Waals surface area contributed by atoms with E-state index >= 15 is 0 Å². The highest BCUT2D eigenvalue weighted by molar-refractivity contribution is 5.82. The molecule has 1 aromatic heterocycles. The van der Waals surface area contributed by atoms with Crippen LogP contribution < -0.4 is 15.9 Å². The van der Waals surface area contributed by atoms with Gasteiger partial charge in [0.1, 0.15) is 11.6 Å². The van der Waals surface area contributed by atoms with E-state index in [1.807, 2.05) is 12.1 Å². The van der Waals surface area contributed by atoms with Gasteiger partial charge in [-0.15, -0.1) is 0 Å². The Kier molecular flexibility index (Phi) is 3.55. The summed E-state index contributed by atoms with van der Waals surface area (Å²) in [4.78, 5) is 15.4. The summed E-state index contributed by atoms with van der Waals surface area (Å²) in [6.45, 7) is 2.09. The average Bonchev–Trinajstić information content (AvgIpc) is 2.38. The van der Waals surface area contributed by atoms with Crippen LogP contribution in [0.4, 0.5) is 5.82 Å². The third-order valence-electron chi connectivity index (χ3n) is 3.12. The monoisotopic (exact) mass is 246 g/mol. The zero-order valence-corrected chi connectivity index (χ0v) is 10.7. The second-order valence-electron chi connectivity index (χ2n) is 4.36. The number of nitrogen functional groups attached to an aromatic ring is 1. The molecule has 3 N–H and O–H groups in total. The number of hydrogen-bond donors (Lipinski definition) is 2. The molecule has 2 aromatic rings. The van der Waals surface area contributed by atoms with Crippen LogP contribution in [0.3, 0.4) is 0 Å². The smallest absolute Gasteiger partial charge is 0.194 e. The van der Waals surface area contributed by atoms with Crippen LogP contribution in [0.5, 0.6) is 5.75 Å². The van der Waals surface area contributed by atoms with Crippen LogP contribution in [0, 0.1) is 0 Å². The Bertz CT molecular complexity index is 617. The number of nitrogens with one attached hydrogen (secondary N) is 1. The summed E-state index contributed by atoms with van der Waals surface area (Å²) in [5, 5.41) is 0.634. The van der Waals surface area contributed by atoms with Crippen LogP contribution in [0.2, 0.25) is 0 Å². The Hall–Kier alpha value is -1.97. The number of fused-ring (bicyclic) bond motifs is 1. The molecule has 0 atom stereocenters. The van der Waals surface area contributed by atoms with E-state index in [0.29, 0.717) is 28.9 Å². The minimum Gasteiger partial charge on any atom is -0.497 e. The van der Waals surface area contributed by atoms with Crippen LogP contribution in [-0.2, 0) is 6.42 Å². The van der Waals surface area contributed by atoms with E-state index < -0.39 is 0 Å². The molecule has 0 aliphatic carbocycles. The number of hydrogen-bond acceptors (Lipinski definition) is 3. The number of H-pyrrole nitrogens is 1. The molecule has 0 aliphatic heterocycles. The zero-order chi connectivity index (χ0) is 13.1. The lowest BCUT2D eigenvalue weighted by Crippen LogP contribution is -2.14. The van der Waals surface area contributed by atoms with E-state index in [9.17, 15) is 4.79 Å². The van der Waals surface area contributed by atoms with Crippen molar-refractivity contribution >= 4 is 16.7 Å². The largest absolute Gasteiger partial charge is 0.497 e. The van der Waals surface area contributed by atoms with Crippen LogP contribution in [0.25, 0.3) is 10.9 Å². The maximum absolute atomic E-state index is 12.4. The summed E-state index contributed by atoms with van der Waals surface area (Å²) in [6, 6.07) is 5.38. The Labute approximate surface area is 106 Å². The highest BCUT2D eigenvalue weighted by atomic mass is 16.5. The number of pyridine rings is 1. The molecule has 0 saturated heterocycles. The van der Waals surface area contributed by atoms with Gasteiger partial charge in [0.05, 0.1) is 12.6 Å². The molecular weight excluding hydrogens is 228 g/mol. The molecule has 1 aromatic carbocycles. The second kappa shape index (κ2) is 5.12. The lowest BCUT2D eigenvalue weighted by atomic mass is 10.1. The number of aromatic amines is 1. The molecule has 2 rings (SSSR count). The van der Waals surface area contributed by atoms with E-state index in [2.05, 4.69) is 11.9 Å². The van der Waals surface area contributed by atoms with Gasteiger partial charge in [-0.3, -0.25) is 4.79 Å². The topological polar surface area (TPSA) is 68.1 Å². The fourth-order valence-corrected chi connectivity index (χ4v) is 2.05. The highest BCUT2D eigenvalue weighted by Crippen LogP contribution is 2.19. The van der Waals surface area contributed by atoms with E-state index in [1.165, 1.54) is 0 Å². The molecule has 0 saturated carbocycles. The first-order valence-corrected chi connectivity index (χ1v) is 6.15. The number of nitrogens with two attached hydrogens (primary N) is 1. The van der Waals surface area contributed by atoms with Gasteiger partial charge >= 0.3 is 0 Å². The van der Waals surface area contributed by atoms with E-state index in [-0.39, 0.29) is 5.43 Å². The Morgan fingerprint density at radius 3 is 2.83 bits per heavy atom. The molecule has 0 radical (unpaired) electrons. The summed E-state index contributed by atoms with van der Waals surface area (Å²) >= 11 is 0. The van der Waals surface area contributed by atoms with Crippen molar-refractivity contribution in [1.82, 2.24) is 4.98 Å². The van der Waals surface area contributed by atoms with Crippen molar-refractivity contribution in [3.63, 3.8) is 0 Å². The van der Waals surface area contributed by atoms with Crippen molar-refractivity contribution in [2.45, 2.75) is 26.2 Å². The minimum absolute atomic E-state index is 0.00796. The van der Waals surface area contributed by atoms with Gasteiger partial charge in [0, 0.05) is 10.9 Å². The molecule has 4 nitrogen and oxygen atoms in total. The predicted molar refractivity (Wildman–Crippen MR) is 74.1 cm³/mol. The standard InChI is InChI=1S/C14H18N2O2/c1-3-4-5-10-13(17)11-8-9(18-2)6-7-12(11)16-14(10)15/h6-8H,3-5H2,1-2H3,(H3,15,16,17). The molecule has 0 fully saturated rings. The number of benzene rings is 1. The quantitative estimate of drug-likeness (QED) is 0.870. The molecule has 0 unspecified atom stereocenters. The van der Waals surface area contributed by atoms with Gasteiger partial charge in [-0.05, 0) is 31.0 Å². The number of rotatable bonds is 4. The zero-order valence-electron chi connectivity index (χ0n) is 10.7. The van der Waals surface area contributed by atoms with E-state index in [0.717, 1.165) is 18.4 Å². The van der Waals surface area contributed by atoms with Gasteiger partial charge < -0.3 is 15.5 Å². The average molecular weight is 246 g/mol. The summed E-state index contributed by atoms with van der Waals surface area (Å²) in [5.41, 5.74) is 7.35. The summed E-state index contributed by atoms with van der Waals surface area (Å²) < 4.78 is 5.14. The molecule has 0 aliphatic rings. The molecule has 4 heteroatoms. The van der Waals surface area contributed by atoms with Gasteiger partial charge in [-0.25, -0.2) is 0 Å². The second-order valence-corrected chi connectivity index (χ2v) is 4.36. The van der Waals surface area contributed by atoms with Crippen LogP contribution in [-0.4, -0.2) is 12.1 Å². The highest BCUT2D eigenvalue weighted by Gasteiger charge is 2.10. The van der Waals surface area contributed by atoms with Crippen molar-refractivity contribution in [2.24, 2.45) is 0 Å². The molecule has 18 heavy (non-hydrogen) atoms. The molecule has 0 amide bonds. The molecule has 0 spiro atoms. The maximum atomic E-state index is 12.4. The maximum Gasteiger partial charge on any atom is 0.194 e. The first kappa shape index (κ1) is 12.5. The van der Waals surface area contributed by atoms with E-state index in [1.54, 1.807) is 13.2 Å². The Morgan fingerprint density at radius 2 is 2.17 bits per heavy atom. The first-order valence-electron chi connectivity index (χ1n) is 6.15. The SMILES string of the molecule is CCCCc1c(N)[nH]c2ccc(OC)cc2c1=O. The normalized spacial score (nSPS) is 10.8. The van der Waals surface area contributed by atoms with Crippen molar-refractivity contribution in [3.05, 3.63) is 34.0 Å². The Morgan fingerprint density at radius 1 is 1.39 bits per heavy atom. The van der Waals surface area contributed by atoms with E-state index in [4.69, 9.17) is 10.5 Å². The third-order valence-corrected chi connectivity index (χ3v) is 3.12. The van der Waals surface area contributed by atoms with Crippen molar-refractivity contribution in [3.8, 4) is 5.75 Å². The molecule has 0 bridgehead atoms. The van der Waals surface area contributed by atoms with Gasteiger partial charge in [0.25, 0.3) is 0 Å². The Balaban J connectivity index is 2.62. The summed E-state index contributed by atoms with van der Waals surface area (Å²) in [7, 11) is 1.59. The molecule has 1 heterocycles. The minimum atomic E-state index is 0.00796. The van der Waals surface area contributed by atoms with Gasteiger partial charge in [-0.2, -0.15) is 0 Å². The number of methoxy groups -OCH3 is 1. The lowest BCUT2D eigenvalue weighted by Gasteiger charge is -2.08. The fourth-order valence-electron chi connectivity index (χ4n) is 2.05. The first-order chi connectivity index (χ1) is 8.67. The van der Waals surface area contributed by atoms with Crippen LogP contribution in [0.1, 0.15) is 25.3 Å². The number of ether oxygens (including phenoxy) is 1. The van der Waals surface area contributed by atoms with Gasteiger partial charge in [0.2, 0.25) is 0 Å². The summed E-state index contributed by atoms with van der Waals surface area (Å²) in [6.07, 6.45) is 2.71. The van der Waals surface area contributed by atoms with Crippen molar-refractivity contribution in [2.75, 3.05) is 12.8 Å². The predicted octanol–water partition coefficient (Wildman–Crippen LogP) is 2.46. The lowest BCUT2D eigenvalue weighted by molar-refractivity contribution is 0.415. The fraction of sp³-hybridized carbons (Fsp3) is 0.357. The van der Waals surface area contributed by atoms with Gasteiger partial charge in [0.15, 0.2) is 5.43 Å². The third kappa shape index (κ3) is 2.18. The van der Waals surface area contributed by atoms with Gasteiger partial charge in [-0.1, -0.05) is 13.3 Å². The summed E-state index contributed by atoms with van der Waals surface area (Å²) in [5.74, 6) is 1.16. The number of unbranched alkanes of at least 4 members (excludes halogenated alkanes) is 1. The molecular formula is C14H18N2O2. The van der Waals surface area contributed by atoms with Crippen molar-refractivity contribution < 1.29 is 4.74 Å². The number of aromatic nitrogens is 1. The van der Waals surface area contributed by atoms with Crippen LogP contribution >= 0.6 is 0 Å². The molecule has 96 valence electrons. The van der Waals surface area contributed by atoms with Crippen LogP contribution in [0.15, 0.2) is 23.0 Å². The number of anilines is 1. The van der Waals surface area contributed by atoms with Crippen molar-refractivity contribution in [1.29, 1.82) is 0 Å².